The van der Waals surface area contributed by atoms with Crippen LogP contribution in [0.1, 0.15) is 25.5 Å². The molecule has 1 aromatic rings. The Morgan fingerprint density at radius 3 is 3.00 bits per heavy atom. The largest absolute Gasteiger partial charge is 0.334 e. The van der Waals surface area contributed by atoms with Crippen molar-refractivity contribution in [3.63, 3.8) is 0 Å². The fourth-order valence-corrected chi connectivity index (χ4v) is 1.81. The average molecular weight is 191 g/mol. The second-order valence-electron chi connectivity index (χ2n) is 3.69. The Hall–Kier alpha value is -1.09. The molecule has 0 fully saturated rings. The lowest BCUT2D eigenvalue weighted by Crippen LogP contribution is -2.26. The zero-order valence-corrected chi connectivity index (χ0v) is 8.61. The van der Waals surface area contributed by atoms with Gasteiger partial charge in [-0.2, -0.15) is 0 Å². The van der Waals surface area contributed by atoms with Crippen molar-refractivity contribution in [1.29, 1.82) is 0 Å². The van der Waals surface area contributed by atoms with E-state index >= 15 is 0 Å². The van der Waals surface area contributed by atoms with E-state index in [-0.39, 0.29) is 0 Å². The highest BCUT2D eigenvalue weighted by Crippen LogP contribution is 2.10. The zero-order chi connectivity index (χ0) is 9.80. The van der Waals surface area contributed by atoms with Gasteiger partial charge in [0, 0.05) is 25.3 Å². The van der Waals surface area contributed by atoms with Crippen molar-refractivity contribution in [3.05, 3.63) is 30.4 Å². The zero-order valence-electron chi connectivity index (χ0n) is 8.61. The lowest BCUT2D eigenvalue weighted by Gasteiger charge is -2.12. The number of rotatable bonds is 4. The predicted molar refractivity (Wildman–Crippen MR) is 56.9 cm³/mol. The molecular formula is C11H17N3. The quantitative estimate of drug-likeness (QED) is 0.734. The summed E-state index contributed by atoms with van der Waals surface area (Å²) in [4.78, 5) is 4.15. The fourth-order valence-electron chi connectivity index (χ4n) is 1.81. The topological polar surface area (TPSA) is 29.9 Å². The first-order valence-corrected chi connectivity index (χ1v) is 5.27. The van der Waals surface area contributed by atoms with Crippen molar-refractivity contribution in [2.24, 2.45) is 0 Å². The molecule has 3 nitrogen and oxygen atoms in total. The summed E-state index contributed by atoms with van der Waals surface area (Å²) in [6, 6.07) is 0.634. The molecule has 0 unspecified atom stereocenters. The minimum Gasteiger partial charge on any atom is -0.334 e. The van der Waals surface area contributed by atoms with Gasteiger partial charge < -0.3 is 9.88 Å². The van der Waals surface area contributed by atoms with Gasteiger partial charge in [0.15, 0.2) is 0 Å². The van der Waals surface area contributed by atoms with Crippen molar-refractivity contribution < 1.29 is 0 Å². The summed E-state index contributed by atoms with van der Waals surface area (Å²) in [7, 11) is 0. The lowest BCUT2D eigenvalue weighted by molar-refractivity contribution is 0.520. The summed E-state index contributed by atoms with van der Waals surface area (Å²) in [5.41, 5.74) is 1.28. The molecule has 1 aromatic heterocycles. The molecule has 0 aliphatic heterocycles. The fraction of sp³-hybridized carbons (Fsp3) is 0.545. The lowest BCUT2D eigenvalue weighted by atomic mass is 10.2. The van der Waals surface area contributed by atoms with Gasteiger partial charge in [0.05, 0.1) is 12.0 Å². The van der Waals surface area contributed by atoms with Crippen LogP contribution < -0.4 is 5.32 Å². The molecule has 0 saturated carbocycles. The maximum absolute atomic E-state index is 4.15. The number of aryl methyl sites for hydroxylation is 1. The van der Waals surface area contributed by atoms with Crippen molar-refractivity contribution in [2.75, 3.05) is 0 Å². The van der Waals surface area contributed by atoms with Crippen LogP contribution in [0.4, 0.5) is 0 Å². The number of hydrogen-bond donors (Lipinski definition) is 1. The summed E-state index contributed by atoms with van der Waals surface area (Å²) >= 11 is 0. The first-order chi connectivity index (χ1) is 6.90. The standard InChI is InChI=1S/C11H17N3/c1-2-14-9-12-7-11(14)8-13-10-5-3-4-6-10/h3-4,7,9-10,13H,2,5-6,8H2,1H3. The molecule has 3 heteroatoms. The second kappa shape index (κ2) is 4.42. The molecule has 0 bridgehead atoms. The average Bonchev–Trinajstić information content (AvgIpc) is 2.85. The molecule has 0 aromatic carbocycles. The van der Waals surface area contributed by atoms with E-state index in [0.29, 0.717) is 6.04 Å². The molecule has 1 aliphatic carbocycles. The van der Waals surface area contributed by atoms with E-state index in [4.69, 9.17) is 0 Å². The number of aromatic nitrogens is 2. The first-order valence-electron chi connectivity index (χ1n) is 5.27. The summed E-state index contributed by atoms with van der Waals surface area (Å²) in [6.07, 6.45) is 10.7. The van der Waals surface area contributed by atoms with Crippen LogP contribution in [0.3, 0.4) is 0 Å². The summed E-state index contributed by atoms with van der Waals surface area (Å²) in [6.45, 7) is 4.07. The van der Waals surface area contributed by atoms with Gasteiger partial charge in [-0.25, -0.2) is 4.98 Å². The minimum atomic E-state index is 0.634. The molecule has 76 valence electrons. The maximum atomic E-state index is 4.15. The van der Waals surface area contributed by atoms with E-state index in [1.54, 1.807) is 0 Å². The Labute approximate surface area is 84.8 Å². The third-order valence-corrected chi connectivity index (χ3v) is 2.72. The molecule has 1 N–H and O–H groups in total. The molecule has 0 amide bonds. The number of hydrogen-bond acceptors (Lipinski definition) is 2. The molecule has 0 spiro atoms. The molecule has 0 radical (unpaired) electrons. The number of nitrogens with one attached hydrogen (secondary N) is 1. The summed E-state index contributed by atoms with van der Waals surface area (Å²) < 4.78 is 2.18. The van der Waals surface area contributed by atoms with Gasteiger partial charge in [-0.1, -0.05) is 12.2 Å². The van der Waals surface area contributed by atoms with Crippen molar-refractivity contribution >= 4 is 0 Å². The third kappa shape index (κ3) is 2.04. The third-order valence-electron chi connectivity index (χ3n) is 2.72. The summed E-state index contributed by atoms with van der Waals surface area (Å²) in [5, 5.41) is 3.54. The molecule has 1 heterocycles. The highest BCUT2D eigenvalue weighted by molar-refractivity contribution is 5.01. The molecule has 0 saturated heterocycles. The van der Waals surface area contributed by atoms with E-state index in [1.165, 1.54) is 18.5 Å². The van der Waals surface area contributed by atoms with Crippen LogP contribution >= 0.6 is 0 Å². The van der Waals surface area contributed by atoms with Gasteiger partial charge in [-0.3, -0.25) is 0 Å². The van der Waals surface area contributed by atoms with Crippen molar-refractivity contribution in [2.45, 2.75) is 38.9 Å². The Morgan fingerprint density at radius 1 is 1.50 bits per heavy atom. The molecular weight excluding hydrogens is 174 g/mol. The van der Waals surface area contributed by atoms with E-state index in [2.05, 4.69) is 33.9 Å². The smallest absolute Gasteiger partial charge is 0.0948 e. The van der Waals surface area contributed by atoms with Gasteiger partial charge >= 0.3 is 0 Å². The van der Waals surface area contributed by atoms with Crippen LogP contribution in [-0.2, 0) is 13.1 Å². The molecule has 2 rings (SSSR count). The van der Waals surface area contributed by atoms with E-state index < -0.39 is 0 Å². The van der Waals surface area contributed by atoms with Crippen LogP contribution in [0.25, 0.3) is 0 Å². The van der Waals surface area contributed by atoms with Gasteiger partial charge in [0.1, 0.15) is 0 Å². The van der Waals surface area contributed by atoms with Gasteiger partial charge in [-0.15, -0.1) is 0 Å². The van der Waals surface area contributed by atoms with Crippen molar-refractivity contribution in [1.82, 2.24) is 14.9 Å². The Balaban J connectivity index is 1.85. The van der Waals surface area contributed by atoms with Gasteiger partial charge in [-0.05, 0) is 19.8 Å². The van der Waals surface area contributed by atoms with Crippen LogP contribution in [0.15, 0.2) is 24.7 Å². The van der Waals surface area contributed by atoms with Crippen molar-refractivity contribution in [3.8, 4) is 0 Å². The Kier molecular flexibility index (Phi) is 2.99. The highest BCUT2D eigenvalue weighted by atomic mass is 15.1. The Morgan fingerprint density at radius 2 is 2.29 bits per heavy atom. The minimum absolute atomic E-state index is 0.634. The molecule has 14 heavy (non-hydrogen) atoms. The van der Waals surface area contributed by atoms with Crippen LogP contribution in [0.2, 0.25) is 0 Å². The predicted octanol–water partition coefficient (Wildman–Crippen LogP) is 1.71. The summed E-state index contributed by atoms with van der Waals surface area (Å²) in [5.74, 6) is 0. The first kappa shape index (κ1) is 9.46. The van der Waals surface area contributed by atoms with E-state index in [1.807, 2.05) is 12.5 Å². The van der Waals surface area contributed by atoms with Crippen LogP contribution in [0, 0.1) is 0 Å². The SMILES string of the molecule is CCn1cncc1CNC1CC=CC1. The Bertz CT molecular complexity index is 306. The highest BCUT2D eigenvalue weighted by Gasteiger charge is 2.09. The number of nitrogens with zero attached hydrogens (tertiary/aromatic N) is 2. The van der Waals surface area contributed by atoms with Gasteiger partial charge in [0.2, 0.25) is 0 Å². The molecule has 1 aliphatic rings. The monoisotopic (exact) mass is 191 g/mol. The van der Waals surface area contributed by atoms with E-state index in [9.17, 15) is 0 Å². The maximum Gasteiger partial charge on any atom is 0.0948 e. The van der Waals surface area contributed by atoms with Gasteiger partial charge in [0.25, 0.3) is 0 Å². The van der Waals surface area contributed by atoms with Crippen LogP contribution in [0.5, 0.6) is 0 Å². The molecule has 0 atom stereocenters. The normalized spacial score (nSPS) is 16.6. The second-order valence-corrected chi connectivity index (χ2v) is 3.69. The number of imidazole rings is 1. The van der Waals surface area contributed by atoms with E-state index in [0.717, 1.165) is 13.1 Å². The van der Waals surface area contributed by atoms with Crippen LogP contribution in [-0.4, -0.2) is 15.6 Å².